The van der Waals surface area contributed by atoms with Crippen LogP contribution in [0.3, 0.4) is 0 Å². The van der Waals surface area contributed by atoms with Crippen molar-refractivity contribution in [3.63, 3.8) is 0 Å². The number of ether oxygens (including phenoxy) is 1. The summed E-state index contributed by atoms with van der Waals surface area (Å²) in [5.41, 5.74) is 1.45. The summed E-state index contributed by atoms with van der Waals surface area (Å²) >= 11 is 3.43. The molecule has 0 aliphatic carbocycles. The Morgan fingerprint density at radius 1 is 1.28 bits per heavy atom. The Bertz CT molecular complexity index is 575. The van der Waals surface area contributed by atoms with Crippen molar-refractivity contribution in [3.05, 3.63) is 22.6 Å². The highest BCUT2D eigenvalue weighted by atomic mass is 79.9. The summed E-state index contributed by atoms with van der Waals surface area (Å²) < 4.78 is 5.90. The third-order valence-corrected chi connectivity index (χ3v) is 3.28. The van der Waals surface area contributed by atoms with Gasteiger partial charge in [-0.2, -0.15) is 0 Å². The third kappa shape index (κ3) is 2.40. The maximum absolute atomic E-state index is 5.06. The second-order valence-electron chi connectivity index (χ2n) is 3.49. The van der Waals surface area contributed by atoms with E-state index in [1.165, 1.54) is 6.33 Å². The fraction of sp³-hybridized carbons (Fsp3) is 0.273. The predicted octanol–water partition coefficient (Wildman–Crippen LogP) is 2.05. The van der Waals surface area contributed by atoms with Gasteiger partial charge in [0.15, 0.2) is 5.82 Å². The average Bonchev–Trinajstić information content (AvgIpc) is 2.41. The Hall–Kier alpha value is -1.76. The van der Waals surface area contributed by atoms with E-state index in [9.17, 15) is 0 Å². The molecule has 0 spiro atoms. The molecule has 2 aromatic rings. The lowest BCUT2D eigenvalue weighted by atomic mass is 10.3. The number of halogens is 1. The minimum Gasteiger partial charge on any atom is -0.481 e. The maximum Gasteiger partial charge on any atom is 0.216 e. The Balaban J connectivity index is 2.53. The van der Waals surface area contributed by atoms with Gasteiger partial charge in [-0.1, -0.05) is 0 Å². The highest BCUT2D eigenvalue weighted by molar-refractivity contribution is 9.10. The van der Waals surface area contributed by atoms with Gasteiger partial charge in [-0.25, -0.2) is 19.9 Å². The van der Waals surface area contributed by atoms with Crippen molar-refractivity contribution in [2.45, 2.75) is 6.92 Å². The topological polar surface area (TPSA) is 72.8 Å². The molecule has 0 atom stereocenters. The normalized spacial score (nSPS) is 10.2. The monoisotopic (exact) mass is 309 g/mol. The molecule has 0 bridgehead atoms. The summed E-state index contributed by atoms with van der Waals surface area (Å²) in [6.45, 7) is 1.90. The first-order chi connectivity index (χ1) is 8.65. The highest BCUT2D eigenvalue weighted by Crippen LogP contribution is 2.26. The van der Waals surface area contributed by atoms with E-state index in [-0.39, 0.29) is 0 Å². The van der Waals surface area contributed by atoms with E-state index in [0.29, 0.717) is 17.4 Å². The van der Waals surface area contributed by atoms with Crippen molar-refractivity contribution in [3.8, 4) is 17.4 Å². The minimum atomic E-state index is 0.482. The number of methoxy groups -OCH3 is 1. The van der Waals surface area contributed by atoms with E-state index in [1.54, 1.807) is 20.2 Å². The van der Waals surface area contributed by atoms with Gasteiger partial charge >= 0.3 is 0 Å². The molecule has 94 valence electrons. The summed E-state index contributed by atoms with van der Waals surface area (Å²) in [7, 11) is 3.36. The Kier molecular flexibility index (Phi) is 3.71. The highest BCUT2D eigenvalue weighted by Gasteiger charge is 2.11. The molecule has 0 saturated heterocycles. The van der Waals surface area contributed by atoms with Crippen LogP contribution in [0.5, 0.6) is 5.88 Å². The maximum atomic E-state index is 5.06. The zero-order chi connectivity index (χ0) is 13.1. The van der Waals surface area contributed by atoms with Gasteiger partial charge in [-0.3, -0.25) is 0 Å². The molecular weight excluding hydrogens is 298 g/mol. The van der Waals surface area contributed by atoms with Crippen LogP contribution in [0.4, 0.5) is 5.82 Å². The van der Waals surface area contributed by atoms with E-state index in [0.717, 1.165) is 16.0 Å². The lowest BCUT2D eigenvalue weighted by Gasteiger charge is -2.08. The number of aromatic nitrogens is 4. The standard InChI is InChI=1S/C11H12BrN5O/c1-6-9(12)11(13-2)17-10(16-6)7-4-8(18-3)15-5-14-7/h4-5H,1-3H3,(H,13,16,17). The molecule has 0 saturated carbocycles. The number of anilines is 1. The largest absolute Gasteiger partial charge is 0.481 e. The SMILES string of the molecule is CNc1nc(-c2cc(OC)ncn2)nc(C)c1Br. The van der Waals surface area contributed by atoms with Gasteiger partial charge in [0, 0.05) is 13.1 Å². The molecule has 6 nitrogen and oxygen atoms in total. The molecule has 0 amide bonds. The first-order valence-electron chi connectivity index (χ1n) is 5.24. The van der Waals surface area contributed by atoms with Crippen molar-refractivity contribution in [2.24, 2.45) is 0 Å². The summed E-state index contributed by atoms with van der Waals surface area (Å²) in [6.07, 6.45) is 1.42. The Morgan fingerprint density at radius 3 is 2.72 bits per heavy atom. The van der Waals surface area contributed by atoms with E-state index in [4.69, 9.17) is 4.74 Å². The lowest BCUT2D eigenvalue weighted by Crippen LogP contribution is -2.02. The Labute approximate surface area is 113 Å². The van der Waals surface area contributed by atoms with Gasteiger partial charge in [-0.15, -0.1) is 0 Å². The fourth-order valence-corrected chi connectivity index (χ4v) is 1.79. The number of rotatable bonds is 3. The molecule has 0 unspecified atom stereocenters. The number of nitrogens with one attached hydrogen (secondary N) is 1. The number of nitrogens with zero attached hydrogens (tertiary/aromatic N) is 4. The first kappa shape index (κ1) is 12.7. The molecule has 2 aromatic heterocycles. The van der Waals surface area contributed by atoms with Crippen LogP contribution in [0.15, 0.2) is 16.9 Å². The van der Waals surface area contributed by atoms with Gasteiger partial charge in [0.1, 0.15) is 17.8 Å². The van der Waals surface area contributed by atoms with Crippen LogP contribution in [0, 0.1) is 6.92 Å². The molecule has 2 heterocycles. The molecule has 0 aliphatic rings. The number of aryl methyl sites for hydroxylation is 1. The van der Waals surface area contributed by atoms with Crippen molar-refractivity contribution >= 4 is 21.7 Å². The Morgan fingerprint density at radius 2 is 2.06 bits per heavy atom. The minimum absolute atomic E-state index is 0.482. The van der Waals surface area contributed by atoms with Crippen molar-refractivity contribution < 1.29 is 4.74 Å². The second-order valence-corrected chi connectivity index (χ2v) is 4.28. The number of hydrogen-bond donors (Lipinski definition) is 1. The van der Waals surface area contributed by atoms with Crippen LogP contribution in [-0.2, 0) is 0 Å². The first-order valence-corrected chi connectivity index (χ1v) is 6.03. The summed E-state index contributed by atoms with van der Waals surface area (Å²) in [5, 5.41) is 3.00. The molecule has 0 aliphatic heterocycles. The molecule has 0 aromatic carbocycles. The predicted molar refractivity (Wildman–Crippen MR) is 71.6 cm³/mol. The van der Waals surface area contributed by atoms with Crippen LogP contribution < -0.4 is 10.1 Å². The van der Waals surface area contributed by atoms with Crippen molar-refractivity contribution in [1.82, 2.24) is 19.9 Å². The average molecular weight is 310 g/mol. The van der Waals surface area contributed by atoms with Gasteiger partial charge in [0.2, 0.25) is 5.88 Å². The van der Waals surface area contributed by atoms with Gasteiger partial charge in [0.25, 0.3) is 0 Å². The summed E-state index contributed by atoms with van der Waals surface area (Å²) in [5.74, 6) is 1.73. The quantitative estimate of drug-likeness (QED) is 0.935. The summed E-state index contributed by atoms with van der Waals surface area (Å²) in [4.78, 5) is 16.9. The summed E-state index contributed by atoms with van der Waals surface area (Å²) in [6, 6.07) is 1.70. The van der Waals surface area contributed by atoms with E-state index in [2.05, 4.69) is 41.2 Å². The van der Waals surface area contributed by atoms with Crippen LogP contribution >= 0.6 is 15.9 Å². The number of hydrogen-bond acceptors (Lipinski definition) is 6. The van der Waals surface area contributed by atoms with E-state index >= 15 is 0 Å². The molecule has 18 heavy (non-hydrogen) atoms. The zero-order valence-corrected chi connectivity index (χ0v) is 11.8. The van der Waals surface area contributed by atoms with Crippen LogP contribution in [0.2, 0.25) is 0 Å². The fourth-order valence-electron chi connectivity index (χ4n) is 1.41. The molecule has 2 rings (SSSR count). The van der Waals surface area contributed by atoms with Crippen LogP contribution in [-0.4, -0.2) is 34.1 Å². The molecule has 7 heteroatoms. The smallest absolute Gasteiger partial charge is 0.216 e. The van der Waals surface area contributed by atoms with Crippen LogP contribution in [0.1, 0.15) is 5.69 Å². The van der Waals surface area contributed by atoms with Gasteiger partial charge < -0.3 is 10.1 Å². The van der Waals surface area contributed by atoms with Gasteiger partial charge in [-0.05, 0) is 22.9 Å². The van der Waals surface area contributed by atoms with E-state index < -0.39 is 0 Å². The molecule has 0 fully saturated rings. The van der Waals surface area contributed by atoms with Crippen LogP contribution in [0.25, 0.3) is 11.5 Å². The van der Waals surface area contributed by atoms with Crippen molar-refractivity contribution in [2.75, 3.05) is 19.5 Å². The zero-order valence-electron chi connectivity index (χ0n) is 10.2. The molecular formula is C11H12BrN5O. The van der Waals surface area contributed by atoms with Crippen molar-refractivity contribution in [1.29, 1.82) is 0 Å². The molecule has 1 N–H and O–H groups in total. The van der Waals surface area contributed by atoms with E-state index in [1.807, 2.05) is 6.92 Å². The second kappa shape index (κ2) is 5.26. The third-order valence-electron chi connectivity index (χ3n) is 2.33. The van der Waals surface area contributed by atoms with Gasteiger partial charge in [0.05, 0.1) is 17.3 Å². The molecule has 0 radical (unpaired) electrons. The lowest BCUT2D eigenvalue weighted by molar-refractivity contribution is 0.397.